The van der Waals surface area contributed by atoms with Gasteiger partial charge in [-0.25, -0.2) is 4.79 Å². The van der Waals surface area contributed by atoms with E-state index in [4.69, 9.17) is 33.2 Å². The van der Waals surface area contributed by atoms with Crippen LogP contribution in [0.3, 0.4) is 0 Å². The summed E-state index contributed by atoms with van der Waals surface area (Å²) in [4.78, 5) is 32.7. The molecule has 290 valence electrons. The van der Waals surface area contributed by atoms with Gasteiger partial charge in [0.05, 0.1) is 49.3 Å². The number of halogens is 2. The quantitative estimate of drug-likeness (QED) is 0.113. The van der Waals surface area contributed by atoms with Crippen LogP contribution in [0, 0.1) is 11.8 Å². The standard InChI is InChI=1S/C40H52F2N2O9/c1-47-32-21-29(22-33(48-2)36(32)51-5)14-10-20-44(19-9-13-27-12-8-18-43-25-27)39(46)53-26-28-11-7-15-30(17-16-28)38(45)40(41,42)31-23-34(49-3)37(52-6)35(24-31)50-4/h8,12,18,21-25,28,30H,7,9-11,13-17,19-20,26H2,1-6H3/t28-,30?/m1/s1. The van der Waals surface area contributed by atoms with E-state index in [9.17, 15) is 9.59 Å². The fraction of sp³-hybridized carbons (Fsp3) is 0.525. The van der Waals surface area contributed by atoms with Crippen LogP contribution in [0.25, 0.3) is 0 Å². The largest absolute Gasteiger partial charge is 0.493 e. The Morgan fingerprint density at radius 3 is 1.85 bits per heavy atom. The van der Waals surface area contributed by atoms with Gasteiger partial charge in [-0.05, 0) is 98.7 Å². The highest BCUT2D eigenvalue weighted by Gasteiger charge is 2.46. The molecule has 13 heteroatoms. The zero-order valence-electron chi connectivity index (χ0n) is 31.6. The summed E-state index contributed by atoms with van der Waals surface area (Å²) in [5.74, 6) is -3.90. The number of hydrogen-bond acceptors (Lipinski definition) is 10. The van der Waals surface area contributed by atoms with E-state index < -0.39 is 29.3 Å². The third-order valence-electron chi connectivity index (χ3n) is 9.73. The summed E-state index contributed by atoms with van der Waals surface area (Å²) >= 11 is 0. The molecule has 3 aromatic rings. The maximum absolute atomic E-state index is 15.7. The SMILES string of the molecule is COc1cc(CCCN(CCCc2cccnc2)C(=O)OC[C@@H]2CCCC(C(=O)C(F)(F)c3cc(OC)c(OC)c(OC)c3)CC2)cc(OC)c1OC. The number of pyridine rings is 1. The van der Waals surface area contributed by atoms with Gasteiger partial charge in [0.25, 0.3) is 0 Å². The van der Waals surface area contributed by atoms with Crippen molar-refractivity contribution in [1.82, 2.24) is 9.88 Å². The van der Waals surface area contributed by atoms with Crippen molar-refractivity contribution in [2.45, 2.75) is 63.7 Å². The van der Waals surface area contributed by atoms with Gasteiger partial charge in [0, 0.05) is 37.0 Å². The zero-order chi connectivity index (χ0) is 38.4. The van der Waals surface area contributed by atoms with Crippen LogP contribution in [-0.2, 0) is 28.3 Å². The Morgan fingerprint density at radius 1 is 0.755 bits per heavy atom. The molecule has 0 aliphatic heterocycles. The van der Waals surface area contributed by atoms with Crippen LogP contribution < -0.4 is 28.4 Å². The first-order chi connectivity index (χ1) is 25.6. The van der Waals surface area contributed by atoms with Crippen molar-refractivity contribution in [3.05, 3.63) is 65.5 Å². The summed E-state index contributed by atoms with van der Waals surface area (Å²) in [5, 5.41) is 0. The normalized spacial score (nSPS) is 15.8. The molecule has 0 bridgehead atoms. The third kappa shape index (κ3) is 10.6. The molecule has 1 aliphatic carbocycles. The smallest absolute Gasteiger partial charge is 0.409 e. The number of amides is 1. The molecule has 2 aromatic carbocycles. The van der Waals surface area contributed by atoms with Gasteiger partial charge in [-0.15, -0.1) is 0 Å². The average Bonchev–Trinajstić information content (AvgIpc) is 3.43. The van der Waals surface area contributed by atoms with Crippen LogP contribution in [0.4, 0.5) is 13.6 Å². The van der Waals surface area contributed by atoms with Crippen LogP contribution in [0.2, 0.25) is 0 Å². The Hall–Kier alpha value is -4.81. The second-order valence-corrected chi connectivity index (χ2v) is 13.1. The predicted molar refractivity (Wildman–Crippen MR) is 195 cm³/mol. The van der Waals surface area contributed by atoms with Gasteiger partial charge in [-0.2, -0.15) is 8.78 Å². The molecule has 2 atom stereocenters. The molecular weight excluding hydrogens is 690 g/mol. The Morgan fingerprint density at radius 2 is 1.32 bits per heavy atom. The summed E-state index contributed by atoms with van der Waals surface area (Å²) in [6.07, 6.45) is 8.21. The number of carbonyl (C=O) groups excluding carboxylic acids is 2. The number of nitrogens with zero attached hydrogens (tertiary/aromatic N) is 2. The van der Waals surface area contributed by atoms with E-state index in [0.717, 1.165) is 36.1 Å². The van der Waals surface area contributed by atoms with Crippen molar-refractivity contribution in [2.75, 3.05) is 62.4 Å². The Labute approximate surface area is 310 Å². The predicted octanol–water partition coefficient (Wildman–Crippen LogP) is 7.69. The van der Waals surface area contributed by atoms with Crippen LogP contribution in [-0.4, -0.2) is 84.1 Å². The topological polar surface area (TPSA) is 115 Å². The van der Waals surface area contributed by atoms with E-state index in [2.05, 4.69) is 4.98 Å². The van der Waals surface area contributed by atoms with Crippen molar-refractivity contribution >= 4 is 11.9 Å². The minimum absolute atomic E-state index is 0.0457. The van der Waals surface area contributed by atoms with Crippen molar-refractivity contribution < 1.29 is 51.5 Å². The average molecular weight is 743 g/mol. The van der Waals surface area contributed by atoms with Crippen molar-refractivity contribution in [1.29, 1.82) is 0 Å². The first kappa shape index (κ1) is 41.0. The van der Waals surface area contributed by atoms with E-state index in [1.54, 1.807) is 32.4 Å². The number of aryl methyl sites for hydroxylation is 2. The van der Waals surface area contributed by atoms with Crippen LogP contribution in [0.15, 0.2) is 48.8 Å². The fourth-order valence-corrected chi connectivity index (χ4v) is 6.82. The second kappa shape index (κ2) is 19.9. The first-order valence-electron chi connectivity index (χ1n) is 17.9. The number of hydrogen-bond donors (Lipinski definition) is 0. The van der Waals surface area contributed by atoms with Gasteiger partial charge in [-0.3, -0.25) is 9.78 Å². The lowest BCUT2D eigenvalue weighted by Gasteiger charge is -2.24. The fourth-order valence-electron chi connectivity index (χ4n) is 6.82. The molecule has 0 saturated heterocycles. The molecule has 1 fully saturated rings. The lowest BCUT2D eigenvalue weighted by Crippen LogP contribution is -2.35. The van der Waals surface area contributed by atoms with E-state index in [0.29, 0.717) is 68.9 Å². The van der Waals surface area contributed by atoms with Gasteiger partial charge in [0.15, 0.2) is 23.0 Å². The number of methoxy groups -OCH3 is 6. The molecule has 1 saturated carbocycles. The minimum atomic E-state index is -3.76. The number of ether oxygens (including phenoxy) is 7. The van der Waals surface area contributed by atoms with Crippen LogP contribution in [0.5, 0.6) is 34.5 Å². The van der Waals surface area contributed by atoms with Gasteiger partial charge < -0.3 is 38.1 Å². The summed E-state index contributed by atoms with van der Waals surface area (Å²) in [6, 6.07) is 9.92. The lowest BCUT2D eigenvalue weighted by atomic mass is 9.88. The maximum atomic E-state index is 15.7. The van der Waals surface area contributed by atoms with Crippen molar-refractivity contribution in [3.63, 3.8) is 0 Å². The molecule has 0 radical (unpaired) electrons. The van der Waals surface area contributed by atoms with E-state index in [1.807, 2.05) is 30.5 Å². The molecule has 1 aliphatic rings. The maximum Gasteiger partial charge on any atom is 0.409 e. The number of alkyl halides is 2. The van der Waals surface area contributed by atoms with Gasteiger partial charge in [0.1, 0.15) is 0 Å². The number of carbonyl (C=O) groups is 2. The molecule has 0 N–H and O–H groups in total. The molecule has 1 aromatic heterocycles. The van der Waals surface area contributed by atoms with Gasteiger partial charge in [-0.1, -0.05) is 12.5 Å². The lowest BCUT2D eigenvalue weighted by molar-refractivity contribution is -0.149. The Bertz CT molecular complexity index is 1590. The molecule has 0 spiro atoms. The van der Waals surface area contributed by atoms with Crippen molar-refractivity contribution in [2.24, 2.45) is 11.8 Å². The monoisotopic (exact) mass is 742 g/mol. The molecule has 1 heterocycles. The molecule has 11 nitrogen and oxygen atoms in total. The molecule has 1 unspecified atom stereocenters. The Kier molecular flexibility index (Phi) is 15.4. The van der Waals surface area contributed by atoms with E-state index in [1.165, 1.54) is 21.3 Å². The van der Waals surface area contributed by atoms with Crippen molar-refractivity contribution in [3.8, 4) is 34.5 Å². The number of aromatic nitrogens is 1. The summed E-state index contributed by atoms with van der Waals surface area (Å²) in [7, 11) is 8.74. The number of Topliss-reactive ketones (excluding diaryl/α,β-unsaturated/α-hetero) is 1. The Balaban J connectivity index is 1.37. The highest BCUT2D eigenvalue weighted by atomic mass is 19.3. The zero-order valence-corrected chi connectivity index (χ0v) is 31.6. The third-order valence-corrected chi connectivity index (χ3v) is 9.73. The number of benzene rings is 2. The van der Waals surface area contributed by atoms with Gasteiger partial charge in [0.2, 0.25) is 17.3 Å². The number of rotatable bonds is 19. The molecule has 4 rings (SSSR count). The van der Waals surface area contributed by atoms with Crippen LogP contribution >= 0.6 is 0 Å². The molecule has 1 amide bonds. The van der Waals surface area contributed by atoms with Gasteiger partial charge >= 0.3 is 12.0 Å². The second-order valence-electron chi connectivity index (χ2n) is 13.1. The van der Waals surface area contributed by atoms with Crippen LogP contribution in [0.1, 0.15) is 61.6 Å². The summed E-state index contributed by atoms with van der Waals surface area (Å²) < 4.78 is 69.4. The summed E-state index contributed by atoms with van der Waals surface area (Å²) in [5.41, 5.74) is 1.54. The first-order valence-corrected chi connectivity index (χ1v) is 17.9. The highest BCUT2D eigenvalue weighted by molar-refractivity contribution is 5.89. The van der Waals surface area contributed by atoms with E-state index in [-0.39, 0.29) is 36.2 Å². The molecular formula is C40H52F2N2O9. The summed E-state index contributed by atoms with van der Waals surface area (Å²) in [6.45, 7) is 1.09. The highest BCUT2D eigenvalue weighted by Crippen LogP contribution is 2.45. The van der Waals surface area contributed by atoms with E-state index >= 15 is 8.78 Å². The minimum Gasteiger partial charge on any atom is -0.493 e. The number of ketones is 1. The molecule has 53 heavy (non-hydrogen) atoms.